The molecule has 0 aliphatic carbocycles. The van der Waals surface area contributed by atoms with Crippen LogP contribution in [0.15, 0.2) is 0 Å². The van der Waals surface area contributed by atoms with Crippen molar-refractivity contribution in [1.29, 1.82) is 0 Å². The number of carboxylic acids is 1. The third kappa shape index (κ3) is 19.7. The zero-order valence-corrected chi connectivity index (χ0v) is 57.4. The predicted octanol–water partition coefficient (Wildman–Crippen LogP) is -18.7. The fraction of sp³-hybridized carbons (Fsp3) is 0.915. The Kier molecular flexibility index (Phi) is 31.5. The number of hydrogen-bond donors (Lipinski definition) is 28. The normalized spacial score (nSPS) is 46.9. The van der Waals surface area contributed by atoms with Gasteiger partial charge in [0.25, 0.3) is 5.79 Å². The molecule has 8 saturated heterocycles. The van der Waals surface area contributed by atoms with Gasteiger partial charge in [-0.25, -0.2) is 4.79 Å². The molecule has 48 nitrogen and oxygen atoms in total. The summed E-state index contributed by atoms with van der Waals surface area (Å²) in [5.41, 5.74) is 0. The first-order valence-electron chi connectivity index (χ1n) is 33.7. The van der Waals surface area contributed by atoms with Gasteiger partial charge < -0.3 is 215 Å². The van der Waals surface area contributed by atoms with E-state index in [1.54, 1.807) is 0 Å². The lowest BCUT2D eigenvalue weighted by molar-refractivity contribution is -0.389. The minimum atomic E-state index is -3.05. The molecule has 28 N–H and O–H groups in total. The molecule has 41 atom stereocenters. The molecule has 0 radical (unpaired) electrons. The van der Waals surface area contributed by atoms with Crippen LogP contribution < -0.4 is 21.3 Å². The van der Waals surface area contributed by atoms with E-state index in [9.17, 15) is 147 Å². The van der Waals surface area contributed by atoms with E-state index in [1.165, 1.54) is 0 Å². The zero-order valence-electron chi connectivity index (χ0n) is 57.4. The standard InChI is InChI=1S/C59H98N4O44/c1-14(70)60-27-18(74)5-59(58(91)92,107-48(27)31(76)19(75)6-64)94-13-26-34(79)40(85)43(88)55(101-26)103-46-23(10-68)99-53(30(38(46)83)63-17(4)73)106-50-41(86)33(78)21(8-66)97-57(50)93-12-25-35(80)49(105-54-42(87)39(84)32(77)20(7-65)96-54)44(89)56(100-25)104-47-24(11-69)98-52(29(37(47)82)62-16(3)72)102-45-22(9-67)95-51(90)28(36(45)81)61-15(2)71/h18-57,64-69,74-90H,5-13H2,1-4H3,(H,60,70)(H,61,71)(H,62,72)(H,63,73)(H,91,92)/t18-,19+,20+,21+,22+,23+,24+,25+,26+,27+,28+,29+,30+,31+,32+,33+,34-,35+,36+,37+,38+,39-,40-,41-,42-,43+,44-,45+,46+,47+,48+,49-,50-,51+,52-,53-,54+,55-,56-,57-,59+/m0/s1. The van der Waals surface area contributed by atoms with E-state index in [0.29, 0.717) is 0 Å². The molecule has 0 aromatic carbocycles. The number of aliphatic hydroxyl groups excluding tert-OH is 23. The Morgan fingerprint density at radius 2 is 0.748 bits per heavy atom. The number of ether oxygens (including phenoxy) is 15. The fourth-order valence-corrected chi connectivity index (χ4v) is 13.6. The smallest absolute Gasteiger partial charge is 0.364 e. The van der Waals surface area contributed by atoms with Gasteiger partial charge in [-0.05, 0) is 0 Å². The first-order chi connectivity index (χ1) is 50.4. The summed E-state index contributed by atoms with van der Waals surface area (Å²) in [6.07, 6.45) is -76.3. The first kappa shape index (κ1) is 88.4. The molecule has 0 aromatic rings. The van der Waals surface area contributed by atoms with Crippen LogP contribution in [0.4, 0.5) is 0 Å². The molecule has 8 aliphatic rings. The molecule has 8 heterocycles. The summed E-state index contributed by atoms with van der Waals surface area (Å²) in [5, 5.41) is 273. The molecule has 48 heteroatoms. The van der Waals surface area contributed by atoms with Crippen molar-refractivity contribution >= 4 is 29.6 Å². The molecule has 618 valence electrons. The highest BCUT2D eigenvalue weighted by atomic mass is 16.8. The molecule has 0 saturated carbocycles. The van der Waals surface area contributed by atoms with Gasteiger partial charge in [0.05, 0.1) is 65.0 Å². The van der Waals surface area contributed by atoms with Crippen LogP contribution in [-0.4, -0.2) is 456 Å². The highest BCUT2D eigenvalue weighted by Gasteiger charge is 2.61. The molecule has 0 spiro atoms. The number of nitrogens with one attached hydrogen (secondary N) is 4. The second-order valence-corrected chi connectivity index (χ2v) is 26.8. The third-order valence-corrected chi connectivity index (χ3v) is 19.2. The molecule has 4 amide bonds. The van der Waals surface area contributed by atoms with Crippen molar-refractivity contribution in [2.45, 2.75) is 285 Å². The van der Waals surface area contributed by atoms with Crippen molar-refractivity contribution in [3.8, 4) is 0 Å². The average Bonchev–Trinajstić information content (AvgIpc) is 0.770. The van der Waals surface area contributed by atoms with E-state index in [-0.39, 0.29) is 0 Å². The van der Waals surface area contributed by atoms with Crippen LogP contribution in [0.2, 0.25) is 0 Å². The van der Waals surface area contributed by atoms with Crippen molar-refractivity contribution < 1.29 is 218 Å². The number of amides is 4. The minimum Gasteiger partial charge on any atom is -0.477 e. The lowest BCUT2D eigenvalue weighted by Gasteiger charge is -2.50. The van der Waals surface area contributed by atoms with Crippen molar-refractivity contribution in [3.63, 3.8) is 0 Å². The van der Waals surface area contributed by atoms with Crippen LogP contribution in [0.1, 0.15) is 34.1 Å². The van der Waals surface area contributed by atoms with Crippen molar-refractivity contribution in [3.05, 3.63) is 0 Å². The van der Waals surface area contributed by atoms with Crippen molar-refractivity contribution in [1.82, 2.24) is 21.3 Å². The van der Waals surface area contributed by atoms with Crippen LogP contribution in [0, 0.1) is 0 Å². The van der Waals surface area contributed by atoms with E-state index < -0.39 is 340 Å². The molecular weight excluding hydrogens is 1470 g/mol. The number of aliphatic hydroxyl groups is 23. The highest BCUT2D eigenvalue weighted by Crippen LogP contribution is 2.40. The highest BCUT2D eigenvalue weighted by molar-refractivity contribution is 5.77. The summed E-state index contributed by atoms with van der Waals surface area (Å²) in [5.74, 6) is -8.54. The van der Waals surface area contributed by atoms with Gasteiger partial charge >= 0.3 is 5.97 Å². The number of aliphatic carboxylic acids is 1. The maximum atomic E-state index is 13.0. The van der Waals surface area contributed by atoms with E-state index in [1.807, 2.05) is 0 Å². The Labute approximate surface area is 605 Å². The number of carbonyl (C=O) groups excluding carboxylic acids is 4. The van der Waals surface area contributed by atoms with E-state index in [4.69, 9.17) is 71.1 Å². The van der Waals surface area contributed by atoms with Gasteiger partial charge in [0.15, 0.2) is 44.0 Å². The number of rotatable bonds is 29. The van der Waals surface area contributed by atoms with Crippen LogP contribution in [-0.2, 0) is 95.0 Å². The second kappa shape index (κ2) is 38.1. The van der Waals surface area contributed by atoms with Gasteiger partial charge in [-0.1, -0.05) is 0 Å². The zero-order chi connectivity index (χ0) is 79.3. The molecule has 8 rings (SSSR count). The van der Waals surface area contributed by atoms with Gasteiger partial charge in [-0.2, -0.15) is 0 Å². The molecule has 107 heavy (non-hydrogen) atoms. The average molecular weight is 1570 g/mol. The van der Waals surface area contributed by atoms with Crippen LogP contribution in [0.25, 0.3) is 0 Å². The SMILES string of the molecule is CC(=O)N[C@@H]1[C@@H](O)[C@H](O[C@@H]2O[C@H](CO)[C@@H](O[C@@H]3O[C@H](CO[C@H]4O[C@H](CO)[C@@H](O)[C@H](O)[C@@H]4O[C@@H]4O[C@H](CO)[C@@H](O[C@@H]5O[C@H](CO[C@]6(C(=O)O)C[C@H](O)[C@@H](NC(C)=O)[C@H]([C@H](O)[C@H](O)CO)O6)[C@H](O)[C@H](O)[C@H]5O)[C@H](O)[C@H]4NC(C)=O)[C@@H](O)[C@H](O[C@H]4O[C@H](CO)[C@@H](O)[C@H](O)[C@@H]4O)[C@@H]3O)[C@H](O)[C@H]2NC(C)=O)[C@@H](CO)O[C@H]1O. The maximum Gasteiger partial charge on any atom is 0.364 e. The Balaban J connectivity index is 1.04. The van der Waals surface area contributed by atoms with Crippen LogP contribution in [0.3, 0.4) is 0 Å². The third-order valence-electron chi connectivity index (χ3n) is 19.2. The second-order valence-electron chi connectivity index (χ2n) is 26.8. The molecule has 8 fully saturated rings. The Hall–Kier alpha value is -4.17. The first-order valence-corrected chi connectivity index (χ1v) is 33.7. The molecule has 8 aliphatic heterocycles. The lowest BCUT2D eigenvalue weighted by Crippen LogP contribution is -2.70. The predicted molar refractivity (Wildman–Crippen MR) is 328 cm³/mol. The quantitative estimate of drug-likeness (QED) is 0.0331. The topological polar surface area (TPSA) is 757 Å². The van der Waals surface area contributed by atoms with Crippen LogP contribution in [0.5, 0.6) is 0 Å². The van der Waals surface area contributed by atoms with Gasteiger partial charge in [0, 0.05) is 34.1 Å². The summed E-state index contributed by atoms with van der Waals surface area (Å²) in [7, 11) is 0. The summed E-state index contributed by atoms with van der Waals surface area (Å²) in [6, 6.07) is -7.09. The Morgan fingerprint density at radius 1 is 0.383 bits per heavy atom. The van der Waals surface area contributed by atoms with Gasteiger partial charge in [-0.15, -0.1) is 0 Å². The Bertz CT molecular complexity index is 2870. The van der Waals surface area contributed by atoms with E-state index in [0.717, 1.165) is 27.7 Å². The summed E-state index contributed by atoms with van der Waals surface area (Å²) < 4.78 is 87.4. The number of carbonyl (C=O) groups is 5. The maximum absolute atomic E-state index is 13.0. The molecular formula is C59H98N4O44. The summed E-state index contributed by atoms with van der Waals surface area (Å²) >= 11 is 0. The minimum absolute atomic E-state index is 0.764. The fourth-order valence-electron chi connectivity index (χ4n) is 13.6. The molecule has 0 bridgehead atoms. The lowest BCUT2D eigenvalue weighted by atomic mass is 9.88. The number of carboxylic acid groups (broad SMARTS) is 1. The molecule has 0 unspecified atom stereocenters. The van der Waals surface area contributed by atoms with E-state index in [2.05, 4.69) is 21.3 Å². The monoisotopic (exact) mass is 1570 g/mol. The number of hydrogen-bond acceptors (Lipinski definition) is 43. The van der Waals surface area contributed by atoms with Gasteiger partial charge in [0.2, 0.25) is 23.6 Å². The Morgan fingerprint density at radius 3 is 1.21 bits per heavy atom. The van der Waals surface area contributed by atoms with Crippen molar-refractivity contribution in [2.24, 2.45) is 0 Å². The largest absolute Gasteiger partial charge is 0.477 e. The summed E-state index contributed by atoms with van der Waals surface area (Å²) in [4.78, 5) is 62.8. The summed E-state index contributed by atoms with van der Waals surface area (Å²) in [6.45, 7) is -5.00. The van der Waals surface area contributed by atoms with Gasteiger partial charge in [0.1, 0.15) is 189 Å². The van der Waals surface area contributed by atoms with E-state index >= 15 is 0 Å². The van der Waals surface area contributed by atoms with Crippen molar-refractivity contribution in [2.75, 3.05) is 52.9 Å². The van der Waals surface area contributed by atoms with Gasteiger partial charge in [-0.3, -0.25) is 19.2 Å². The van der Waals surface area contributed by atoms with Crippen LogP contribution >= 0.6 is 0 Å². The molecule has 0 aromatic heterocycles.